The molecule has 1 rings (SSSR count). The van der Waals surface area contributed by atoms with Gasteiger partial charge >= 0.3 is 6.18 Å². The van der Waals surface area contributed by atoms with Gasteiger partial charge in [0.25, 0.3) is 0 Å². The van der Waals surface area contributed by atoms with Crippen LogP contribution in [0.15, 0.2) is 18.2 Å². The summed E-state index contributed by atoms with van der Waals surface area (Å²) in [4.78, 5) is 0. The summed E-state index contributed by atoms with van der Waals surface area (Å²) in [7, 11) is 0. The normalized spacial score (nSPS) is 13.1. The van der Waals surface area contributed by atoms with E-state index in [1.807, 2.05) is 0 Å². The second-order valence-corrected chi connectivity index (χ2v) is 4.12. The molecule has 0 fully saturated rings. The molecule has 0 heterocycles. The average molecular weight is 280 g/mol. The quantitative estimate of drug-likeness (QED) is 0.589. The third kappa shape index (κ3) is 3.61. The van der Waals surface area contributed by atoms with Gasteiger partial charge in [-0.15, -0.1) is 11.6 Å². The number of nitrogens with zero attached hydrogens (tertiary/aromatic N) is 1. The Hall–Kier alpha value is -1.28. The van der Waals surface area contributed by atoms with Crippen LogP contribution >= 0.6 is 11.6 Å². The lowest BCUT2D eigenvalue weighted by Crippen LogP contribution is -2.12. The third-order valence-corrected chi connectivity index (χ3v) is 2.75. The Morgan fingerprint density at radius 3 is 2.50 bits per heavy atom. The van der Waals surface area contributed by atoms with Gasteiger partial charge in [-0.05, 0) is 30.5 Å². The van der Waals surface area contributed by atoms with Crippen LogP contribution in [0.1, 0.15) is 29.9 Å². The Balaban J connectivity index is 3.18. The highest BCUT2D eigenvalue weighted by Gasteiger charge is 2.35. The van der Waals surface area contributed by atoms with Crippen molar-refractivity contribution in [3.05, 3.63) is 35.1 Å². The largest absolute Gasteiger partial charge is 0.416 e. The molecule has 0 amide bonds. The first-order valence-electron chi connectivity index (χ1n) is 5.22. The van der Waals surface area contributed by atoms with Crippen molar-refractivity contribution in [1.82, 2.24) is 0 Å². The van der Waals surface area contributed by atoms with Crippen LogP contribution in [-0.2, 0) is 6.18 Å². The number of rotatable bonds is 4. The molecule has 0 bridgehead atoms. The second kappa shape index (κ2) is 6.05. The Kier molecular flexibility index (Phi) is 4.97. The first-order chi connectivity index (χ1) is 8.40. The number of hydrogen-bond acceptors (Lipinski definition) is 1. The van der Waals surface area contributed by atoms with Gasteiger partial charge in [-0.2, -0.15) is 18.4 Å². The van der Waals surface area contributed by atoms with Crippen molar-refractivity contribution in [3.8, 4) is 6.07 Å². The smallest absolute Gasteiger partial charge is 0.207 e. The number of benzene rings is 1. The molecule has 1 atom stereocenters. The first-order valence-corrected chi connectivity index (χ1v) is 5.75. The highest BCUT2D eigenvalue weighted by molar-refractivity contribution is 6.17. The fraction of sp³-hybridized carbons (Fsp3) is 0.417. The molecule has 18 heavy (non-hydrogen) atoms. The van der Waals surface area contributed by atoms with Crippen molar-refractivity contribution in [2.45, 2.75) is 24.9 Å². The molecule has 1 aromatic carbocycles. The molecule has 0 N–H and O–H groups in total. The van der Waals surface area contributed by atoms with Crippen molar-refractivity contribution in [1.29, 1.82) is 5.26 Å². The molecule has 0 aliphatic rings. The SMILES string of the molecule is N#C[C@H](CCCCl)c1ccc(F)cc1C(F)(F)F. The van der Waals surface area contributed by atoms with Gasteiger partial charge < -0.3 is 0 Å². The molecule has 98 valence electrons. The maximum atomic E-state index is 12.9. The lowest BCUT2D eigenvalue weighted by Gasteiger charge is -2.16. The van der Waals surface area contributed by atoms with Crippen molar-refractivity contribution >= 4 is 11.6 Å². The Bertz CT molecular complexity index is 450. The number of hydrogen-bond donors (Lipinski definition) is 0. The van der Waals surface area contributed by atoms with Crippen LogP contribution in [0.3, 0.4) is 0 Å². The molecule has 1 aromatic rings. The minimum Gasteiger partial charge on any atom is -0.207 e. The fourth-order valence-corrected chi connectivity index (χ4v) is 1.80. The average Bonchev–Trinajstić information content (AvgIpc) is 2.30. The molecule has 0 unspecified atom stereocenters. The van der Waals surface area contributed by atoms with Gasteiger partial charge in [0.2, 0.25) is 0 Å². The summed E-state index contributed by atoms with van der Waals surface area (Å²) in [5.41, 5.74) is -1.29. The number of halogens is 5. The zero-order valence-corrected chi connectivity index (χ0v) is 10.0. The van der Waals surface area contributed by atoms with Crippen LogP contribution in [0.25, 0.3) is 0 Å². The number of alkyl halides is 4. The van der Waals surface area contributed by atoms with Crippen LogP contribution < -0.4 is 0 Å². The summed E-state index contributed by atoms with van der Waals surface area (Å²) >= 11 is 5.45. The zero-order chi connectivity index (χ0) is 13.8. The van der Waals surface area contributed by atoms with E-state index in [0.717, 1.165) is 12.1 Å². The lowest BCUT2D eigenvalue weighted by molar-refractivity contribution is -0.138. The molecule has 1 nitrogen and oxygen atoms in total. The zero-order valence-electron chi connectivity index (χ0n) is 9.27. The van der Waals surface area contributed by atoms with Gasteiger partial charge in [0.15, 0.2) is 0 Å². The summed E-state index contributed by atoms with van der Waals surface area (Å²) in [5, 5.41) is 8.91. The molecule has 0 radical (unpaired) electrons. The van der Waals surface area contributed by atoms with E-state index in [4.69, 9.17) is 16.9 Å². The monoisotopic (exact) mass is 279 g/mol. The van der Waals surface area contributed by atoms with Gasteiger partial charge in [-0.1, -0.05) is 6.07 Å². The van der Waals surface area contributed by atoms with E-state index < -0.39 is 23.5 Å². The Morgan fingerprint density at radius 1 is 1.33 bits per heavy atom. The van der Waals surface area contributed by atoms with Crippen LogP contribution in [0.5, 0.6) is 0 Å². The topological polar surface area (TPSA) is 23.8 Å². The Labute approximate surface area is 107 Å². The van der Waals surface area contributed by atoms with E-state index in [2.05, 4.69) is 0 Å². The third-order valence-electron chi connectivity index (χ3n) is 2.48. The highest BCUT2D eigenvalue weighted by atomic mass is 35.5. The van der Waals surface area contributed by atoms with E-state index in [9.17, 15) is 17.6 Å². The highest BCUT2D eigenvalue weighted by Crippen LogP contribution is 2.36. The first kappa shape index (κ1) is 14.8. The minimum atomic E-state index is -4.67. The van der Waals surface area contributed by atoms with Gasteiger partial charge in [0.05, 0.1) is 17.6 Å². The predicted octanol–water partition coefficient (Wildman–Crippen LogP) is 4.47. The second-order valence-electron chi connectivity index (χ2n) is 3.74. The summed E-state index contributed by atoms with van der Waals surface area (Å²) in [5.74, 6) is -1.64. The van der Waals surface area contributed by atoms with Gasteiger partial charge in [-0.3, -0.25) is 0 Å². The van der Waals surface area contributed by atoms with Crippen LogP contribution in [0.4, 0.5) is 17.6 Å². The lowest BCUT2D eigenvalue weighted by atomic mass is 9.91. The fourth-order valence-electron chi connectivity index (χ4n) is 1.65. The molecular formula is C12H10ClF4N. The maximum Gasteiger partial charge on any atom is 0.416 e. The van der Waals surface area contributed by atoms with E-state index >= 15 is 0 Å². The van der Waals surface area contributed by atoms with Crippen molar-refractivity contribution in [3.63, 3.8) is 0 Å². The van der Waals surface area contributed by atoms with Crippen molar-refractivity contribution in [2.75, 3.05) is 5.88 Å². The molecule has 0 aromatic heterocycles. The summed E-state index contributed by atoms with van der Waals surface area (Å²) < 4.78 is 51.1. The van der Waals surface area contributed by atoms with Crippen molar-refractivity contribution < 1.29 is 17.6 Å². The summed E-state index contributed by atoms with van der Waals surface area (Å²) in [6.07, 6.45) is -4.03. The van der Waals surface area contributed by atoms with Crippen LogP contribution in [0, 0.1) is 17.1 Å². The van der Waals surface area contributed by atoms with Crippen molar-refractivity contribution in [2.24, 2.45) is 0 Å². The van der Waals surface area contributed by atoms with Gasteiger partial charge in [0, 0.05) is 5.88 Å². The standard InChI is InChI=1S/C12H10ClF4N/c13-5-1-2-8(7-18)10-4-3-9(14)6-11(10)12(15,16)17/h3-4,6,8H,1-2,5H2/t8-/m0/s1. The molecule has 0 aliphatic heterocycles. The van der Waals surface area contributed by atoms with Gasteiger partial charge in [0.1, 0.15) is 5.82 Å². The van der Waals surface area contributed by atoms with E-state index in [-0.39, 0.29) is 17.9 Å². The molecule has 0 aliphatic carbocycles. The summed E-state index contributed by atoms with van der Waals surface area (Å²) in [6, 6.07) is 4.16. The minimum absolute atomic E-state index is 0.198. The molecule has 6 heteroatoms. The molecule has 0 saturated heterocycles. The summed E-state index contributed by atoms with van der Waals surface area (Å²) in [6.45, 7) is 0. The van der Waals surface area contributed by atoms with Gasteiger partial charge in [-0.25, -0.2) is 4.39 Å². The maximum absolute atomic E-state index is 12.9. The van der Waals surface area contributed by atoms with Crippen LogP contribution in [0.2, 0.25) is 0 Å². The van der Waals surface area contributed by atoms with E-state index in [1.165, 1.54) is 0 Å². The molecule has 0 saturated carbocycles. The molecular weight excluding hydrogens is 270 g/mol. The van der Waals surface area contributed by atoms with Crippen LogP contribution in [-0.4, -0.2) is 5.88 Å². The van der Waals surface area contributed by atoms with E-state index in [1.54, 1.807) is 6.07 Å². The Morgan fingerprint density at radius 2 is 2.00 bits per heavy atom. The predicted molar refractivity (Wildman–Crippen MR) is 59.7 cm³/mol. The van der Waals surface area contributed by atoms with E-state index in [0.29, 0.717) is 12.5 Å². The molecule has 0 spiro atoms. The number of nitriles is 1.